The zero-order valence-corrected chi connectivity index (χ0v) is 10.3. The number of halogens is 1. The second-order valence-electron chi connectivity index (χ2n) is 3.70. The van der Waals surface area contributed by atoms with Gasteiger partial charge in [0.25, 0.3) is 0 Å². The molecular formula is C12H12ClN3O. The Labute approximate surface area is 104 Å². The van der Waals surface area contributed by atoms with Crippen LogP contribution in [-0.2, 0) is 0 Å². The number of ether oxygens (including phenoxy) is 1. The predicted octanol–water partition coefficient (Wildman–Crippen LogP) is 3.12. The van der Waals surface area contributed by atoms with Gasteiger partial charge in [-0.25, -0.2) is 4.98 Å². The van der Waals surface area contributed by atoms with Crippen LogP contribution in [0.1, 0.15) is 11.1 Å². The molecule has 2 rings (SSSR count). The van der Waals surface area contributed by atoms with E-state index in [1.54, 1.807) is 0 Å². The van der Waals surface area contributed by atoms with Crippen LogP contribution in [0.2, 0.25) is 5.28 Å². The first-order valence-corrected chi connectivity index (χ1v) is 5.48. The number of rotatable bonds is 2. The molecule has 1 heterocycles. The van der Waals surface area contributed by atoms with Crippen molar-refractivity contribution in [1.29, 1.82) is 0 Å². The SMILES string of the molecule is Cc1cccc(Oc2nc(Cl)ncc2N)c1C. The number of aryl methyl sites for hydroxylation is 1. The second-order valence-corrected chi connectivity index (χ2v) is 4.04. The molecule has 0 fully saturated rings. The topological polar surface area (TPSA) is 61.0 Å². The molecule has 2 aromatic rings. The standard InChI is InChI=1S/C12H12ClN3O/c1-7-4-3-5-10(8(7)2)17-11-9(14)6-15-12(13)16-11/h3-6H,14H2,1-2H3. The zero-order valence-electron chi connectivity index (χ0n) is 9.57. The van der Waals surface area contributed by atoms with Gasteiger partial charge in [0.05, 0.1) is 6.20 Å². The van der Waals surface area contributed by atoms with Crippen LogP contribution in [0.25, 0.3) is 0 Å². The zero-order chi connectivity index (χ0) is 12.4. The molecule has 0 atom stereocenters. The van der Waals surface area contributed by atoms with Crippen LogP contribution in [0.5, 0.6) is 11.6 Å². The minimum absolute atomic E-state index is 0.111. The fourth-order valence-electron chi connectivity index (χ4n) is 1.38. The molecule has 0 saturated heterocycles. The fourth-order valence-corrected chi connectivity index (χ4v) is 1.50. The molecule has 1 aromatic heterocycles. The summed E-state index contributed by atoms with van der Waals surface area (Å²) in [6, 6.07) is 5.78. The summed E-state index contributed by atoms with van der Waals surface area (Å²) in [5.74, 6) is 0.991. The van der Waals surface area contributed by atoms with E-state index in [9.17, 15) is 0 Å². The first-order valence-electron chi connectivity index (χ1n) is 5.10. The summed E-state index contributed by atoms with van der Waals surface area (Å²) < 4.78 is 5.64. The summed E-state index contributed by atoms with van der Waals surface area (Å²) in [5.41, 5.74) is 8.26. The summed E-state index contributed by atoms with van der Waals surface area (Å²) in [6.45, 7) is 3.99. The van der Waals surface area contributed by atoms with Gasteiger partial charge in [-0.15, -0.1) is 0 Å². The lowest BCUT2D eigenvalue weighted by atomic mass is 10.1. The van der Waals surface area contributed by atoms with Crippen LogP contribution in [0.15, 0.2) is 24.4 Å². The number of nitrogens with zero attached hydrogens (tertiary/aromatic N) is 2. The highest BCUT2D eigenvalue weighted by molar-refractivity contribution is 6.28. The fraction of sp³-hybridized carbons (Fsp3) is 0.167. The summed E-state index contributed by atoms with van der Waals surface area (Å²) in [6.07, 6.45) is 1.43. The summed E-state index contributed by atoms with van der Waals surface area (Å²) >= 11 is 5.70. The number of nitrogen functional groups attached to an aromatic ring is 1. The molecule has 0 aliphatic rings. The van der Waals surface area contributed by atoms with Crippen molar-refractivity contribution in [2.45, 2.75) is 13.8 Å². The van der Waals surface area contributed by atoms with Gasteiger partial charge in [-0.1, -0.05) is 12.1 Å². The van der Waals surface area contributed by atoms with Crippen LogP contribution in [0.3, 0.4) is 0 Å². The number of benzene rings is 1. The van der Waals surface area contributed by atoms with E-state index in [2.05, 4.69) is 9.97 Å². The molecule has 0 aliphatic heterocycles. The highest BCUT2D eigenvalue weighted by atomic mass is 35.5. The molecule has 0 saturated carbocycles. The number of nitrogens with two attached hydrogens (primary N) is 1. The lowest BCUT2D eigenvalue weighted by Crippen LogP contribution is -1.98. The highest BCUT2D eigenvalue weighted by Gasteiger charge is 2.08. The van der Waals surface area contributed by atoms with Gasteiger partial charge in [0.15, 0.2) is 0 Å². The quantitative estimate of drug-likeness (QED) is 0.831. The van der Waals surface area contributed by atoms with Crippen molar-refractivity contribution >= 4 is 17.3 Å². The third kappa shape index (κ3) is 2.47. The van der Waals surface area contributed by atoms with Gasteiger partial charge in [-0.3, -0.25) is 0 Å². The average Bonchev–Trinajstić information content (AvgIpc) is 2.30. The second kappa shape index (κ2) is 4.59. The lowest BCUT2D eigenvalue weighted by Gasteiger charge is -2.10. The molecule has 88 valence electrons. The Kier molecular flexibility index (Phi) is 3.15. The Morgan fingerprint density at radius 3 is 2.82 bits per heavy atom. The Bertz CT molecular complexity index is 557. The largest absolute Gasteiger partial charge is 0.437 e. The average molecular weight is 250 g/mol. The van der Waals surface area contributed by atoms with E-state index in [1.807, 2.05) is 32.0 Å². The van der Waals surface area contributed by atoms with E-state index < -0.39 is 0 Å². The number of aromatic nitrogens is 2. The van der Waals surface area contributed by atoms with Crippen molar-refractivity contribution in [2.24, 2.45) is 0 Å². The van der Waals surface area contributed by atoms with Crippen LogP contribution < -0.4 is 10.5 Å². The minimum Gasteiger partial charge on any atom is -0.437 e. The molecule has 1 aromatic carbocycles. The van der Waals surface area contributed by atoms with Gasteiger partial charge >= 0.3 is 0 Å². The van der Waals surface area contributed by atoms with Gasteiger partial charge in [0, 0.05) is 0 Å². The molecule has 0 unspecified atom stereocenters. The highest BCUT2D eigenvalue weighted by Crippen LogP contribution is 2.29. The summed E-state index contributed by atoms with van der Waals surface area (Å²) in [4.78, 5) is 7.72. The van der Waals surface area contributed by atoms with Gasteiger partial charge in [-0.05, 0) is 42.6 Å². The third-order valence-corrected chi connectivity index (χ3v) is 2.69. The molecule has 4 nitrogen and oxygen atoms in total. The van der Waals surface area contributed by atoms with Crippen LogP contribution in [0.4, 0.5) is 5.69 Å². The maximum absolute atomic E-state index is 5.72. The van der Waals surface area contributed by atoms with Crippen molar-refractivity contribution in [1.82, 2.24) is 9.97 Å². The Morgan fingerprint density at radius 2 is 2.06 bits per heavy atom. The smallest absolute Gasteiger partial charge is 0.247 e. The van der Waals surface area contributed by atoms with E-state index in [0.29, 0.717) is 11.4 Å². The van der Waals surface area contributed by atoms with Gasteiger partial charge < -0.3 is 10.5 Å². The van der Waals surface area contributed by atoms with E-state index in [4.69, 9.17) is 22.1 Å². The molecule has 0 bridgehead atoms. The van der Waals surface area contributed by atoms with Crippen molar-refractivity contribution in [3.8, 4) is 11.6 Å². The van der Waals surface area contributed by atoms with Crippen LogP contribution in [-0.4, -0.2) is 9.97 Å². The molecule has 2 N–H and O–H groups in total. The third-order valence-electron chi connectivity index (χ3n) is 2.51. The maximum Gasteiger partial charge on any atom is 0.247 e. The summed E-state index contributed by atoms with van der Waals surface area (Å²) in [7, 11) is 0. The van der Waals surface area contributed by atoms with Gasteiger partial charge in [0.1, 0.15) is 11.4 Å². The first kappa shape index (κ1) is 11.7. The Morgan fingerprint density at radius 1 is 1.29 bits per heavy atom. The Hall–Kier alpha value is -1.81. The van der Waals surface area contributed by atoms with Gasteiger partial charge in [-0.2, -0.15) is 4.98 Å². The predicted molar refractivity (Wildman–Crippen MR) is 67.4 cm³/mol. The number of hydrogen-bond acceptors (Lipinski definition) is 4. The molecule has 0 spiro atoms. The van der Waals surface area contributed by atoms with Crippen molar-refractivity contribution in [2.75, 3.05) is 5.73 Å². The van der Waals surface area contributed by atoms with Gasteiger partial charge in [0.2, 0.25) is 11.2 Å². The Balaban J connectivity index is 2.38. The van der Waals surface area contributed by atoms with Crippen molar-refractivity contribution < 1.29 is 4.74 Å². The van der Waals surface area contributed by atoms with Crippen molar-refractivity contribution in [3.63, 3.8) is 0 Å². The number of hydrogen-bond donors (Lipinski definition) is 1. The monoisotopic (exact) mass is 249 g/mol. The molecule has 0 aliphatic carbocycles. The van der Waals surface area contributed by atoms with E-state index in [-0.39, 0.29) is 11.2 Å². The van der Waals surface area contributed by atoms with Crippen LogP contribution in [0, 0.1) is 13.8 Å². The summed E-state index contributed by atoms with van der Waals surface area (Å²) in [5, 5.41) is 0.111. The normalized spacial score (nSPS) is 10.3. The number of anilines is 1. The van der Waals surface area contributed by atoms with E-state index in [1.165, 1.54) is 6.20 Å². The van der Waals surface area contributed by atoms with Crippen molar-refractivity contribution in [3.05, 3.63) is 40.8 Å². The first-order chi connectivity index (χ1) is 8.08. The van der Waals surface area contributed by atoms with E-state index in [0.717, 1.165) is 11.1 Å². The molecule has 5 heteroatoms. The molecular weight excluding hydrogens is 238 g/mol. The maximum atomic E-state index is 5.72. The molecule has 17 heavy (non-hydrogen) atoms. The molecule has 0 amide bonds. The molecule has 0 radical (unpaired) electrons. The minimum atomic E-state index is 0.111. The van der Waals surface area contributed by atoms with E-state index >= 15 is 0 Å². The van der Waals surface area contributed by atoms with Crippen LogP contribution >= 0.6 is 11.6 Å². The lowest BCUT2D eigenvalue weighted by molar-refractivity contribution is 0.460.